The van der Waals surface area contributed by atoms with Crippen molar-refractivity contribution in [3.63, 3.8) is 0 Å². The van der Waals surface area contributed by atoms with E-state index in [4.69, 9.17) is 0 Å². The quantitative estimate of drug-likeness (QED) is 0.486. The molecule has 0 fully saturated rings. The first kappa shape index (κ1) is 14.7. The maximum absolute atomic E-state index is 11.6. The third-order valence-corrected chi connectivity index (χ3v) is 1.63. The fourth-order valence-electron chi connectivity index (χ4n) is 0.161. The zero-order valence-corrected chi connectivity index (χ0v) is 6.51. The number of primary sulfonamides is 1. The topological polar surface area (TPSA) is 60.2 Å². The second kappa shape index (κ2) is 3.49. The fourth-order valence-corrected chi connectivity index (χ4v) is 0.484. The molecule has 69 valence electrons. The third-order valence-electron chi connectivity index (χ3n) is 0.687. The summed E-state index contributed by atoms with van der Waals surface area (Å²) in [6.45, 7) is 0. The van der Waals surface area contributed by atoms with Crippen LogP contribution >= 0.6 is 0 Å². The van der Waals surface area contributed by atoms with E-state index in [1.165, 1.54) is 0 Å². The SMILES string of the molecule is NS(=O)(=O)C(F)(F)C(F)(F)F.[Li]. The molecule has 0 amide bonds. The van der Waals surface area contributed by atoms with E-state index >= 15 is 0 Å². The van der Waals surface area contributed by atoms with E-state index in [1.54, 1.807) is 0 Å². The van der Waals surface area contributed by atoms with Crippen molar-refractivity contribution in [3.05, 3.63) is 0 Å². The Bertz CT molecular complexity index is 245. The van der Waals surface area contributed by atoms with Crippen molar-refractivity contribution in [1.82, 2.24) is 0 Å². The Morgan fingerprint density at radius 3 is 1.25 bits per heavy atom. The minimum atomic E-state index is -6.17. The maximum atomic E-state index is 11.6. The van der Waals surface area contributed by atoms with Gasteiger partial charge in [0.1, 0.15) is 0 Å². The molecule has 0 atom stereocenters. The van der Waals surface area contributed by atoms with Gasteiger partial charge < -0.3 is 0 Å². The molecule has 3 nitrogen and oxygen atoms in total. The van der Waals surface area contributed by atoms with Crippen molar-refractivity contribution in [1.29, 1.82) is 0 Å². The van der Waals surface area contributed by atoms with Gasteiger partial charge in [-0.3, -0.25) is 0 Å². The molecule has 0 aliphatic rings. The van der Waals surface area contributed by atoms with Gasteiger partial charge in [0.15, 0.2) is 0 Å². The first-order valence-corrected chi connectivity index (χ1v) is 3.51. The zero-order valence-electron chi connectivity index (χ0n) is 5.69. The minimum Gasteiger partial charge on any atom is -0.223 e. The number of rotatable bonds is 1. The number of halogens is 5. The molecule has 0 aliphatic heterocycles. The second-order valence-electron chi connectivity index (χ2n) is 1.56. The summed E-state index contributed by atoms with van der Waals surface area (Å²) in [6.07, 6.45) is -6.17. The Balaban J connectivity index is 0. The van der Waals surface area contributed by atoms with Crippen LogP contribution in [0.15, 0.2) is 0 Å². The summed E-state index contributed by atoms with van der Waals surface area (Å²) < 4.78 is 75.8. The van der Waals surface area contributed by atoms with Crippen LogP contribution in [0.4, 0.5) is 22.0 Å². The molecular weight excluding hydrogens is 204 g/mol. The van der Waals surface area contributed by atoms with Gasteiger partial charge in [-0.1, -0.05) is 0 Å². The van der Waals surface area contributed by atoms with E-state index < -0.39 is 21.5 Å². The van der Waals surface area contributed by atoms with Gasteiger partial charge in [0, 0.05) is 18.9 Å². The molecule has 0 aromatic carbocycles. The predicted octanol–water partition coefficient (Wildman–Crippen LogP) is 0.0492. The van der Waals surface area contributed by atoms with E-state index in [1.807, 2.05) is 0 Å². The van der Waals surface area contributed by atoms with Gasteiger partial charge in [-0.2, -0.15) is 22.0 Å². The standard InChI is InChI=1S/C2H2F5NO2S.Li/c3-1(4,5)2(6,7)11(8,9)10;/h(H2,8,9,10);. The monoisotopic (exact) mass is 206 g/mol. The Kier molecular flexibility index (Phi) is 4.27. The van der Waals surface area contributed by atoms with Crippen LogP contribution in [-0.4, -0.2) is 38.7 Å². The largest absolute Gasteiger partial charge is 0.470 e. The van der Waals surface area contributed by atoms with Crippen LogP contribution < -0.4 is 5.14 Å². The van der Waals surface area contributed by atoms with E-state index in [-0.39, 0.29) is 18.9 Å². The molecular formula is C2H2F5LiNO2S. The predicted molar refractivity (Wildman–Crippen MR) is 29.9 cm³/mol. The zero-order chi connectivity index (χ0) is 9.50. The summed E-state index contributed by atoms with van der Waals surface area (Å²) in [5, 5.41) is -2.27. The molecule has 0 saturated carbocycles. The van der Waals surface area contributed by atoms with Gasteiger partial charge in [0.25, 0.3) is 10.0 Å². The number of nitrogens with two attached hydrogens (primary N) is 1. The average Bonchev–Trinajstić information content (AvgIpc) is 1.58. The Hall–Kier alpha value is 0.157. The second-order valence-corrected chi connectivity index (χ2v) is 3.16. The molecule has 0 aromatic rings. The van der Waals surface area contributed by atoms with Gasteiger partial charge in [0.05, 0.1) is 0 Å². The molecule has 1 radical (unpaired) electrons. The molecule has 0 heterocycles. The van der Waals surface area contributed by atoms with Crippen LogP contribution in [0.1, 0.15) is 0 Å². The van der Waals surface area contributed by atoms with Crippen molar-refractivity contribution >= 4 is 28.9 Å². The van der Waals surface area contributed by atoms with Crippen LogP contribution in [0.3, 0.4) is 0 Å². The van der Waals surface area contributed by atoms with E-state index in [2.05, 4.69) is 5.14 Å². The molecule has 0 saturated heterocycles. The minimum absolute atomic E-state index is 0. The van der Waals surface area contributed by atoms with Gasteiger partial charge in [0.2, 0.25) is 0 Å². The molecule has 10 heteroatoms. The maximum Gasteiger partial charge on any atom is 0.470 e. The van der Waals surface area contributed by atoms with Crippen LogP contribution in [0.25, 0.3) is 0 Å². The van der Waals surface area contributed by atoms with Gasteiger partial charge >= 0.3 is 11.4 Å². The molecule has 12 heavy (non-hydrogen) atoms. The summed E-state index contributed by atoms with van der Waals surface area (Å²) in [5.41, 5.74) is 0. The van der Waals surface area contributed by atoms with Crippen molar-refractivity contribution in [2.45, 2.75) is 11.4 Å². The van der Waals surface area contributed by atoms with Crippen LogP contribution in [0, 0.1) is 0 Å². The van der Waals surface area contributed by atoms with Crippen molar-refractivity contribution in [3.8, 4) is 0 Å². The van der Waals surface area contributed by atoms with Crippen molar-refractivity contribution < 1.29 is 30.4 Å². The molecule has 0 aromatic heterocycles. The molecule has 0 aliphatic carbocycles. The first-order valence-electron chi connectivity index (χ1n) is 1.97. The first-order chi connectivity index (χ1) is 4.50. The van der Waals surface area contributed by atoms with E-state index in [0.29, 0.717) is 0 Å². The number of hydrogen-bond donors (Lipinski definition) is 1. The summed E-state index contributed by atoms with van der Waals surface area (Å²) in [5.74, 6) is 0. The van der Waals surface area contributed by atoms with Crippen LogP contribution in [0.5, 0.6) is 0 Å². The normalized spacial score (nSPS) is 13.8. The summed E-state index contributed by atoms with van der Waals surface area (Å²) >= 11 is 0. The molecule has 0 bridgehead atoms. The van der Waals surface area contributed by atoms with Crippen molar-refractivity contribution in [2.24, 2.45) is 5.14 Å². The number of hydrogen-bond acceptors (Lipinski definition) is 2. The van der Waals surface area contributed by atoms with Crippen LogP contribution in [0.2, 0.25) is 0 Å². The molecule has 0 spiro atoms. The van der Waals surface area contributed by atoms with Gasteiger partial charge in [-0.15, -0.1) is 0 Å². The summed E-state index contributed by atoms with van der Waals surface area (Å²) in [6, 6.07) is 0. The van der Waals surface area contributed by atoms with Crippen LogP contribution in [-0.2, 0) is 10.0 Å². The van der Waals surface area contributed by atoms with E-state index in [9.17, 15) is 30.4 Å². The third kappa shape index (κ3) is 2.58. The number of sulfonamides is 1. The smallest absolute Gasteiger partial charge is 0.223 e. The molecule has 0 unspecified atom stereocenters. The Morgan fingerprint density at radius 2 is 1.25 bits per heavy atom. The summed E-state index contributed by atoms with van der Waals surface area (Å²) in [7, 11) is -5.92. The van der Waals surface area contributed by atoms with Gasteiger partial charge in [-0.25, -0.2) is 13.6 Å². The van der Waals surface area contributed by atoms with E-state index in [0.717, 1.165) is 0 Å². The van der Waals surface area contributed by atoms with Crippen molar-refractivity contribution in [2.75, 3.05) is 0 Å². The fraction of sp³-hybridized carbons (Fsp3) is 1.00. The van der Waals surface area contributed by atoms with Gasteiger partial charge in [-0.05, 0) is 0 Å². The molecule has 2 N–H and O–H groups in total. The molecule has 0 rings (SSSR count). The Morgan fingerprint density at radius 1 is 1.00 bits per heavy atom. The average molecular weight is 206 g/mol. The number of alkyl halides is 5. The summed E-state index contributed by atoms with van der Waals surface area (Å²) in [4.78, 5) is 0. The Labute approximate surface area is 76.3 Å².